The monoisotopic (exact) mass is 744 g/mol. The molecule has 57 heavy (non-hydrogen) atoms. The SMILES string of the molecule is c1ccc(-c2cccc(-c3nc(-c4ccccc4)nc(-c4ccc(-c5cccc6c5sc5ccc7c(-c8ccccc8)nc8ccccc8c7c56)cc4)n3)c2)cc1. The van der Waals surface area contributed by atoms with E-state index in [-0.39, 0.29) is 0 Å². The smallest absolute Gasteiger partial charge is 0.164 e. The van der Waals surface area contributed by atoms with Crippen molar-refractivity contribution in [2.24, 2.45) is 0 Å². The summed E-state index contributed by atoms with van der Waals surface area (Å²) in [5, 5.41) is 6.13. The summed E-state index contributed by atoms with van der Waals surface area (Å²) in [5.74, 6) is 1.92. The number of benzene rings is 8. The zero-order valence-electron chi connectivity index (χ0n) is 30.7. The van der Waals surface area contributed by atoms with Crippen LogP contribution in [0.1, 0.15) is 0 Å². The van der Waals surface area contributed by atoms with Crippen LogP contribution >= 0.6 is 11.3 Å². The van der Waals surface area contributed by atoms with Gasteiger partial charge in [-0.25, -0.2) is 19.9 Å². The summed E-state index contributed by atoms with van der Waals surface area (Å²) in [7, 11) is 0. The topological polar surface area (TPSA) is 51.6 Å². The number of para-hydroxylation sites is 1. The van der Waals surface area contributed by atoms with Crippen LogP contribution in [0, 0.1) is 0 Å². The molecule has 0 unspecified atom stereocenters. The predicted molar refractivity (Wildman–Crippen MR) is 238 cm³/mol. The van der Waals surface area contributed by atoms with E-state index in [0.717, 1.165) is 50.2 Å². The van der Waals surface area contributed by atoms with Gasteiger partial charge in [0.2, 0.25) is 0 Å². The first-order chi connectivity index (χ1) is 28.2. The zero-order chi connectivity index (χ0) is 37.7. The Morgan fingerprint density at radius 1 is 0.316 bits per heavy atom. The second-order valence-electron chi connectivity index (χ2n) is 14.2. The fourth-order valence-electron chi connectivity index (χ4n) is 7.99. The maximum Gasteiger partial charge on any atom is 0.164 e. The van der Waals surface area contributed by atoms with Crippen molar-refractivity contribution in [2.45, 2.75) is 0 Å². The first-order valence-electron chi connectivity index (χ1n) is 19.1. The van der Waals surface area contributed by atoms with Crippen molar-refractivity contribution in [3.8, 4) is 67.7 Å². The van der Waals surface area contributed by atoms with E-state index in [1.54, 1.807) is 0 Å². The molecule has 5 heteroatoms. The second kappa shape index (κ2) is 13.7. The number of hydrogen-bond acceptors (Lipinski definition) is 5. The molecule has 0 aliphatic heterocycles. The van der Waals surface area contributed by atoms with E-state index in [1.807, 2.05) is 47.7 Å². The van der Waals surface area contributed by atoms with E-state index >= 15 is 0 Å². The van der Waals surface area contributed by atoms with Gasteiger partial charge in [0.05, 0.1) is 11.2 Å². The Balaban J connectivity index is 1.04. The van der Waals surface area contributed by atoms with Gasteiger partial charge in [0.15, 0.2) is 17.5 Å². The minimum Gasteiger partial charge on any atom is -0.247 e. The summed E-state index contributed by atoms with van der Waals surface area (Å²) in [5.41, 5.74) is 10.6. The first-order valence-corrected chi connectivity index (χ1v) is 19.9. The van der Waals surface area contributed by atoms with Gasteiger partial charge in [-0.15, -0.1) is 11.3 Å². The van der Waals surface area contributed by atoms with Gasteiger partial charge in [0.1, 0.15) is 0 Å². The molecule has 4 nitrogen and oxygen atoms in total. The van der Waals surface area contributed by atoms with Gasteiger partial charge >= 0.3 is 0 Å². The Hall–Kier alpha value is -7.34. The summed E-state index contributed by atoms with van der Waals surface area (Å²) >= 11 is 1.85. The van der Waals surface area contributed by atoms with Crippen LogP contribution in [-0.4, -0.2) is 19.9 Å². The standard InChI is InChI=1S/C52H32N4S/c1-4-14-33(15-5-1)38-20-12-21-39(32-38)52-55-50(36-18-8-3-9-19-36)54-51(56-52)37-28-26-34(27-29-37)40-23-13-24-43-47-45(57-49(40)43)31-30-42-46(47)41-22-10-11-25-44(41)53-48(42)35-16-6-2-7-17-35/h1-32H. The Morgan fingerprint density at radius 2 is 0.860 bits per heavy atom. The molecular weight excluding hydrogens is 713 g/mol. The van der Waals surface area contributed by atoms with Crippen LogP contribution in [0.5, 0.6) is 0 Å². The Labute approximate surface area is 333 Å². The molecule has 0 amide bonds. The number of thiophene rings is 1. The van der Waals surface area contributed by atoms with Gasteiger partial charge in [0.25, 0.3) is 0 Å². The Bertz CT molecular complexity index is 3270. The third-order valence-electron chi connectivity index (χ3n) is 10.7. The van der Waals surface area contributed by atoms with E-state index < -0.39 is 0 Å². The van der Waals surface area contributed by atoms with E-state index in [4.69, 9.17) is 19.9 Å². The molecule has 3 aromatic heterocycles. The van der Waals surface area contributed by atoms with Gasteiger partial charge in [-0.3, -0.25) is 0 Å². The first kappa shape index (κ1) is 33.0. The molecule has 266 valence electrons. The normalized spacial score (nSPS) is 11.5. The fraction of sp³-hybridized carbons (Fsp3) is 0. The number of aromatic nitrogens is 4. The fourth-order valence-corrected chi connectivity index (χ4v) is 9.24. The summed E-state index contributed by atoms with van der Waals surface area (Å²) in [6.45, 7) is 0. The summed E-state index contributed by atoms with van der Waals surface area (Å²) < 4.78 is 2.53. The van der Waals surface area contributed by atoms with Crippen LogP contribution < -0.4 is 0 Å². The van der Waals surface area contributed by atoms with E-state index in [0.29, 0.717) is 17.5 Å². The Morgan fingerprint density at radius 3 is 1.60 bits per heavy atom. The number of fused-ring (bicyclic) bond motifs is 7. The molecule has 0 N–H and O–H groups in total. The van der Waals surface area contributed by atoms with Gasteiger partial charge in [-0.1, -0.05) is 176 Å². The van der Waals surface area contributed by atoms with Crippen LogP contribution in [0.3, 0.4) is 0 Å². The molecule has 11 aromatic rings. The quantitative estimate of drug-likeness (QED) is 0.159. The van der Waals surface area contributed by atoms with Crippen LogP contribution in [0.15, 0.2) is 194 Å². The van der Waals surface area contributed by atoms with E-state index in [1.165, 1.54) is 41.9 Å². The maximum atomic E-state index is 5.19. The van der Waals surface area contributed by atoms with Gasteiger partial charge < -0.3 is 0 Å². The molecule has 0 spiro atoms. The molecule has 0 radical (unpaired) electrons. The minimum atomic E-state index is 0.636. The van der Waals surface area contributed by atoms with Gasteiger partial charge in [-0.05, 0) is 40.5 Å². The largest absolute Gasteiger partial charge is 0.247 e. The highest BCUT2D eigenvalue weighted by Gasteiger charge is 2.19. The molecule has 0 aliphatic carbocycles. The lowest BCUT2D eigenvalue weighted by Crippen LogP contribution is -2.00. The third-order valence-corrected chi connectivity index (χ3v) is 11.9. The van der Waals surface area contributed by atoms with Crippen LogP contribution in [0.2, 0.25) is 0 Å². The lowest BCUT2D eigenvalue weighted by molar-refractivity contribution is 1.07. The van der Waals surface area contributed by atoms with Crippen LogP contribution in [0.4, 0.5) is 0 Å². The molecular formula is C52H32N4S. The predicted octanol–water partition coefficient (Wildman–Crippen LogP) is 13.9. The van der Waals surface area contributed by atoms with Crippen LogP contribution in [-0.2, 0) is 0 Å². The molecule has 0 aliphatic rings. The molecule has 0 saturated heterocycles. The van der Waals surface area contributed by atoms with Gasteiger partial charge in [0, 0.05) is 58.6 Å². The third kappa shape index (κ3) is 5.84. The number of nitrogens with zero attached hydrogens (tertiary/aromatic N) is 4. The summed E-state index contributed by atoms with van der Waals surface area (Å²) in [6.07, 6.45) is 0. The van der Waals surface area contributed by atoms with Crippen molar-refractivity contribution in [3.63, 3.8) is 0 Å². The van der Waals surface area contributed by atoms with E-state index in [2.05, 4.69) is 158 Å². The molecule has 3 heterocycles. The lowest BCUT2D eigenvalue weighted by Gasteiger charge is -2.12. The Kier molecular flexibility index (Phi) is 7.97. The number of rotatable bonds is 6. The highest BCUT2D eigenvalue weighted by molar-refractivity contribution is 7.26. The number of pyridine rings is 1. The van der Waals surface area contributed by atoms with Crippen LogP contribution in [0.25, 0.3) is 110 Å². The zero-order valence-corrected chi connectivity index (χ0v) is 31.5. The average molecular weight is 745 g/mol. The second-order valence-corrected chi connectivity index (χ2v) is 15.2. The van der Waals surface area contributed by atoms with E-state index in [9.17, 15) is 0 Å². The lowest BCUT2D eigenvalue weighted by atomic mass is 9.95. The van der Waals surface area contributed by atoms with Crippen molar-refractivity contribution in [2.75, 3.05) is 0 Å². The highest BCUT2D eigenvalue weighted by atomic mass is 32.1. The molecule has 0 saturated carbocycles. The molecule has 0 atom stereocenters. The van der Waals surface area contributed by atoms with Crippen molar-refractivity contribution in [1.82, 2.24) is 19.9 Å². The highest BCUT2D eigenvalue weighted by Crippen LogP contribution is 2.46. The maximum absolute atomic E-state index is 5.19. The van der Waals surface area contributed by atoms with Crippen molar-refractivity contribution in [3.05, 3.63) is 194 Å². The minimum absolute atomic E-state index is 0.636. The summed E-state index contributed by atoms with van der Waals surface area (Å²) in [6, 6.07) is 67.9. The molecule has 11 rings (SSSR count). The van der Waals surface area contributed by atoms with Crippen molar-refractivity contribution >= 4 is 53.2 Å². The number of hydrogen-bond donors (Lipinski definition) is 0. The summed E-state index contributed by atoms with van der Waals surface area (Å²) in [4.78, 5) is 20.3. The van der Waals surface area contributed by atoms with Crippen molar-refractivity contribution in [1.29, 1.82) is 0 Å². The molecule has 8 aromatic carbocycles. The molecule has 0 fully saturated rings. The average Bonchev–Trinajstić information content (AvgIpc) is 3.69. The molecule has 0 bridgehead atoms. The van der Waals surface area contributed by atoms with Crippen molar-refractivity contribution < 1.29 is 0 Å². The van der Waals surface area contributed by atoms with Gasteiger partial charge in [-0.2, -0.15) is 0 Å².